The maximum Gasteiger partial charge on any atom is 0.192 e. The summed E-state index contributed by atoms with van der Waals surface area (Å²) in [4.78, 5) is 0. The van der Waals surface area contributed by atoms with Gasteiger partial charge >= 0.3 is 0 Å². The van der Waals surface area contributed by atoms with Crippen molar-refractivity contribution < 1.29 is 13.9 Å². The topological polar surface area (TPSA) is 27.7 Å². The lowest BCUT2D eigenvalue weighted by molar-refractivity contribution is 0.107. The second kappa shape index (κ2) is 8.85. The second-order valence-corrected chi connectivity index (χ2v) is 13.0. The third kappa shape index (κ3) is 5.97. The lowest BCUT2D eigenvalue weighted by atomic mass is 10.1. The molecule has 0 spiro atoms. The van der Waals surface area contributed by atoms with Gasteiger partial charge in [0.15, 0.2) is 8.32 Å². The van der Waals surface area contributed by atoms with Crippen molar-refractivity contribution in [3.8, 4) is 5.75 Å². The lowest BCUT2D eigenvalue weighted by Crippen LogP contribution is -2.40. The van der Waals surface area contributed by atoms with E-state index in [0.29, 0.717) is 19.8 Å². The summed E-state index contributed by atoms with van der Waals surface area (Å²) >= 11 is 0. The van der Waals surface area contributed by atoms with Crippen LogP contribution in [0.25, 0.3) is 0 Å². The average molecular weight is 373 g/mol. The van der Waals surface area contributed by atoms with Gasteiger partial charge in [0, 0.05) is 0 Å². The Bertz CT molecular complexity index is 670. The molecule has 0 aromatic heterocycles. The van der Waals surface area contributed by atoms with E-state index in [2.05, 4.69) is 58.1 Å². The summed E-state index contributed by atoms with van der Waals surface area (Å²) in [5, 5.41) is 0.238. The molecule has 0 fully saturated rings. The average Bonchev–Trinajstić information content (AvgIpc) is 2.61. The van der Waals surface area contributed by atoms with Gasteiger partial charge in [0.1, 0.15) is 5.75 Å². The highest BCUT2D eigenvalue weighted by atomic mass is 28.4. The highest BCUT2D eigenvalue weighted by Gasteiger charge is 2.36. The minimum Gasteiger partial charge on any atom is -0.497 e. The summed E-state index contributed by atoms with van der Waals surface area (Å²) in [6, 6.07) is 16.5. The number of hydrogen-bond donors (Lipinski definition) is 0. The summed E-state index contributed by atoms with van der Waals surface area (Å²) in [5.74, 6) is 0.865. The number of benzene rings is 2. The van der Waals surface area contributed by atoms with E-state index in [0.717, 1.165) is 11.3 Å². The molecule has 2 aromatic carbocycles. The van der Waals surface area contributed by atoms with E-state index in [1.807, 2.05) is 24.3 Å². The minimum absolute atomic E-state index is 0.238. The third-order valence-corrected chi connectivity index (χ3v) is 9.60. The van der Waals surface area contributed by atoms with E-state index >= 15 is 0 Å². The fourth-order valence-electron chi connectivity index (χ4n) is 2.22. The van der Waals surface area contributed by atoms with Crippen LogP contribution in [0.2, 0.25) is 18.1 Å². The molecule has 2 rings (SSSR count). The Labute approximate surface area is 159 Å². The van der Waals surface area contributed by atoms with Crippen LogP contribution in [0.5, 0.6) is 5.75 Å². The van der Waals surface area contributed by atoms with E-state index in [1.165, 1.54) is 11.1 Å². The maximum absolute atomic E-state index is 6.28. The van der Waals surface area contributed by atoms with Gasteiger partial charge in [0.05, 0.1) is 26.9 Å². The van der Waals surface area contributed by atoms with Crippen LogP contribution < -0.4 is 4.74 Å². The van der Waals surface area contributed by atoms with Crippen molar-refractivity contribution in [2.75, 3.05) is 7.11 Å². The van der Waals surface area contributed by atoms with Crippen LogP contribution in [0.4, 0.5) is 0 Å². The normalized spacial score (nSPS) is 12.2. The summed E-state index contributed by atoms with van der Waals surface area (Å²) in [5.41, 5.74) is 3.54. The minimum atomic E-state index is -1.70. The molecule has 0 radical (unpaired) electrons. The van der Waals surface area contributed by atoms with Gasteiger partial charge in [0.2, 0.25) is 0 Å². The largest absolute Gasteiger partial charge is 0.497 e. The number of methoxy groups -OCH3 is 1. The molecular weight excluding hydrogens is 340 g/mol. The Balaban J connectivity index is 1.80. The van der Waals surface area contributed by atoms with E-state index in [-0.39, 0.29) is 5.04 Å². The SMILES string of the molecule is COc1ccc(COCc2ccc(CO[Si](C)(C)C(C)(C)C)cc2)cc1. The molecule has 26 heavy (non-hydrogen) atoms. The van der Waals surface area contributed by atoms with E-state index in [9.17, 15) is 0 Å². The first-order valence-corrected chi connectivity index (χ1v) is 12.0. The summed E-state index contributed by atoms with van der Waals surface area (Å²) in [7, 11) is -0.0272. The van der Waals surface area contributed by atoms with Gasteiger partial charge in [-0.2, -0.15) is 0 Å². The first-order chi connectivity index (χ1) is 12.2. The van der Waals surface area contributed by atoms with Gasteiger partial charge in [-0.1, -0.05) is 57.2 Å². The van der Waals surface area contributed by atoms with Crippen LogP contribution in [0.15, 0.2) is 48.5 Å². The molecular formula is C22H32O3Si. The second-order valence-electron chi connectivity index (χ2n) is 8.21. The van der Waals surface area contributed by atoms with E-state index < -0.39 is 8.32 Å². The molecule has 0 aliphatic heterocycles. The van der Waals surface area contributed by atoms with E-state index in [4.69, 9.17) is 13.9 Å². The van der Waals surface area contributed by atoms with Crippen LogP contribution >= 0.6 is 0 Å². The third-order valence-electron chi connectivity index (χ3n) is 5.13. The van der Waals surface area contributed by atoms with Crippen LogP contribution in [0.3, 0.4) is 0 Å². The molecule has 0 heterocycles. The Kier molecular flexibility index (Phi) is 7.04. The quantitative estimate of drug-likeness (QED) is 0.537. The van der Waals surface area contributed by atoms with Crippen molar-refractivity contribution >= 4 is 8.32 Å². The molecule has 0 saturated heterocycles. The molecule has 0 bridgehead atoms. The molecule has 0 amide bonds. The predicted octanol–water partition coefficient (Wildman–Crippen LogP) is 5.93. The number of rotatable bonds is 8. The van der Waals surface area contributed by atoms with Crippen molar-refractivity contribution in [2.45, 2.75) is 58.7 Å². The summed E-state index contributed by atoms with van der Waals surface area (Å²) in [6.07, 6.45) is 0. The molecule has 3 nitrogen and oxygen atoms in total. The lowest BCUT2D eigenvalue weighted by Gasteiger charge is -2.36. The van der Waals surface area contributed by atoms with Gasteiger partial charge in [-0.25, -0.2) is 0 Å². The highest BCUT2D eigenvalue weighted by molar-refractivity contribution is 6.74. The first kappa shape index (κ1) is 20.7. The fourth-order valence-corrected chi connectivity index (χ4v) is 3.18. The molecule has 0 N–H and O–H groups in total. The van der Waals surface area contributed by atoms with Gasteiger partial charge < -0.3 is 13.9 Å². The Hall–Kier alpha value is -1.62. The zero-order chi connectivity index (χ0) is 19.2. The molecule has 2 aromatic rings. The summed E-state index contributed by atoms with van der Waals surface area (Å²) < 4.78 is 17.3. The van der Waals surface area contributed by atoms with Crippen molar-refractivity contribution in [2.24, 2.45) is 0 Å². The highest BCUT2D eigenvalue weighted by Crippen LogP contribution is 2.37. The molecule has 0 aliphatic carbocycles. The van der Waals surface area contributed by atoms with Crippen LogP contribution in [-0.4, -0.2) is 15.4 Å². The molecule has 142 valence electrons. The summed E-state index contributed by atoms with van der Waals surface area (Å²) in [6.45, 7) is 13.3. The van der Waals surface area contributed by atoms with Crippen LogP contribution in [-0.2, 0) is 29.0 Å². The van der Waals surface area contributed by atoms with Gasteiger partial charge in [-0.15, -0.1) is 0 Å². The molecule has 0 unspecified atom stereocenters. The fraction of sp³-hybridized carbons (Fsp3) is 0.455. The molecule has 0 aliphatic rings. The van der Waals surface area contributed by atoms with Crippen LogP contribution in [0.1, 0.15) is 37.5 Å². The van der Waals surface area contributed by atoms with Crippen molar-refractivity contribution in [3.05, 3.63) is 65.2 Å². The maximum atomic E-state index is 6.28. The van der Waals surface area contributed by atoms with Crippen molar-refractivity contribution in [3.63, 3.8) is 0 Å². The Morgan fingerprint density at radius 2 is 1.15 bits per heavy atom. The molecule has 4 heteroatoms. The van der Waals surface area contributed by atoms with Gasteiger partial charge in [-0.3, -0.25) is 0 Å². The molecule has 0 atom stereocenters. The standard InChI is InChI=1S/C22H32O3Si/c1-22(2,3)26(5,6)25-17-20-9-7-18(8-10-20)15-24-16-19-11-13-21(23-4)14-12-19/h7-14H,15-17H2,1-6H3. The van der Waals surface area contributed by atoms with Crippen molar-refractivity contribution in [1.82, 2.24) is 0 Å². The number of ether oxygens (including phenoxy) is 2. The zero-order valence-electron chi connectivity index (χ0n) is 17.0. The Morgan fingerprint density at radius 3 is 1.58 bits per heavy atom. The predicted molar refractivity (Wildman–Crippen MR) is 110 cm³/mol. The molecule has 0 saturated carbocycles. The monoisotopic (exact) mass is 372 g/mol. The van der Waals surface area contributed by atoms with Gasteiger partial charge in [-0.05, 0) is 47.0 Å². The smallest absolute Gasteiger partial charge is 0.192 e. The van der Waals surface area contributed by atoms with Gasteiger partial charge in [0.25, 0.3) is 0 Å². The van der Waals surface area contributed by atoms with E-state index in [1.54, 1.807) is 7.11 Å². The van der Waals surface area contributed by atoms with Crippen LogP contribution in [0, 0.1) is 0 Å². The Morgan fingerprint density at radius 1 is 0.731 bits per heavy atom. The number of hydrogen-bond acceptors (Lipinski definition) is 3. The van der Waals surface area contributed by atoms with Crippen molar-refractivity contribution in [1.29, 1.82) is 0 Å². The zero-order valence-corrected chi connectivity index (χ0v) is 18.0. The first-order valence-electron chi connectivity index (χ1n) is 9.14.